The number of rotatable bonds is 4. The Kier molecular flexibility index (Phi) is 7.14. The molecule has 4 aliphatic rings. The lowest BCUT2D eigenvalue weighted by Gasteiger charge is -2.26. The average Bonchev–Trinajstić information content (AvgIpc) is 3.32. The van der Waals surface area contributed by atoms with Gasteiger partial charge in [0.1, 0.15) is 12.2 Å². The molecule has 4 heterocycles. The molecule has 3 atom stereocenters. The first-order chi connectivity index (χ1) is 19.3. The molecule has 10 heteroatoms. The highest BCUT2D eigenvalue weighted by Gasteiger charge is 2.66. The Morgan fingerprint density at radius 3 is 2.67 bits per heavy atom. The fourth-order valence-corrected chi connectivity index (χ4v) is 7.02. The molecule has 1 aliphatic carbocycles. The Bertz CT molecular complexity index is 1360. The van der Waals surface area contributed by atoms with E-state index in [1.807, 2.05) is 13.0 Å². The third kappa shape index (κ3) is 4.80. The number of benzene rings is 1. The lowest BCUT2D eigenvalue weighted by Crippen LogP contribution is -2.44. The van der Waals surface area contributed by atoms with E-state index in [-0.39, 0.29) is 47.9 Å². The first kappa shape index (κ1) is 26.9. The predicted octanol–water partition coefficient (Wildman–Crippen LogP) is 2.99. The third-order valence-corrected chi connectivity index (χ3v) is 9.23. The summed E-state index contributed by atoms with van der Waals surface area (Å²) in [5.74, 6) is -0.309. The molecule has 2 bridgehead atoms. The molecule has 3 fully saturated rings. The Balaban J connectivity index is 1.43. The van der Waals surface area contributed by atoms with Crippen molar-refractivity contribution in [2.24, 2.45) is 5.41 Å². The molecule has 2 aromatic rings. The number of nitrogens with zero attached hydrogens (tertiary/aromatic N) is 4. The van der Waals surface area contributed by atoms with Gasteiger partial charge in [-0.1, -0.05) is 6.92 Å². The molecule has 0 unspecified atom stereocenters. The van der Waals surface area contributed by atoms with Gasteiger partial charge in [0.25, 0.3) is 0 Å². The average molecular weight is 550 g/mol. The summed E-state index contributed by atoms with van der Waals surface area (Å²) < 4.78 is 7.63. The summed E-state index contributed by atoms with van der Waals surface area (Å²) in [7, 11) is 0. The van der Waals surface area contributed by atoms with E-state index in [1.54, 1.807) is 9.58 Å². The van der Waals surface area contributed by atoms with Crippen molar-refractivity contribution in [1.82, 2.24) is 20.0 Å². The molecule has 1 saturated carbocycles. The van der Waals surface area contributed by atoms with Gasteiger partial charge >= 0.3 is 0 Å². The Hall–Kier alpha value is -3.27. The second-order valence-corrected chi connectivity index (χ2v) is 12.0. The molecule has 2 amide bonds. The van der Waals surface area contributed by atoms with Crippen LogP contribution < -0.4 is 10.2 Å². The molecule has 10 nitrogen and oxygen atoms in total. The van der Waals surface area contributed by atoms with E-state index in [2.05, 4.69) is 21.4 Å². The van der Waals surface area contributed by atoms with Crippen molar-refractivity contribution >= 4 is 40.0 Å². The number of anilines is 1. The topological polar surface area (TPSA) is 114 Å². The zero-order chi connectivity index (χ0) is 28.0. The minimum atomic E-state index is -0.451. The van der Waals surface area contributed by atoms with Gasteiger partial charge in [0.05, 0.1) is 18.2 Å². The third-order valence-electron chi connectivity index (χ3n) is 9.23. The second-order valence-electron chi connectivity index (χ2n) is 12.0. The number of hydrogen-bond acceptors (Lipinski definition) is 7. The van der Waals surface area contributed by atoms with Crippen LogP contribution in [0.3, 0.4) is 0 Å². The van der Waals surface area contributed by atoms with Crippen LogP contribution in [0, 0.1) is 5.41 Å². The van der Waals surface area contributed by atoms with Gasteiger partial charge in [-0.2, -0.15) is 5.10 Å². The summed E-state index contributed by atoms with van der Waals surface area (Å²) in [5, 5.41) is 8.41. The van der Waals surface area contributed by atoms with Gasteiger partial charge in [0, 0.05) is 68.5 Å². The highest BCUT2D eigenvalue weighted by molar-refractivity contribution is 6.07. The molecular weight excluding hydrogens is 510 g/mol. The molecule has 0 radical (unpaired) electrons. The Morgan fingerprint density at radius 2 is 1.93 bits per heavy atom. The van der Waals surface area contributed by atoms with Gasteiger partial charge in [-0.25, -0.2) is 0 Å². The number of piperidine rings is 1. The Labute approximate surface area is 234 Å². The van der Waals surface area contributed by atoms with Crippen molar-refractivity contribution in [2.45, 2.75) is 90.4 Å². The number of ether oxygens (including phenoxy) is 1. The van der Waals surface area contributed by atoms with Crippen LogP contribution in [0.15, 0.2) is 12.1 Å². The van der Waals surface area contributed by atoms with E-state index in [4.69, 9.17) is 4.74 Å². The molecule has 3 aliphatic heterocycles. The number of hydrogen-bond donors (Lipinski definition) is 1. The monoisotopic (exact) mass is 549 g/mol. The molecule has 1 aromatic heterocycles. The lowest BCUT2D eigenvalue weighted by molar-refractivity contribution is -0.139. The van der Waals surface area contributed by atoms with Gasteiger partial charge in [0.2, 0.25) is 11.8 Å². The maximum Gasteiger partial charge on any atom is 0.245 e. The minimum Gasteiger partial charge on any atom is -0.381 e. The molecule has 1 aromatic carbocycles. The van der Waals surface area contributed by atoms with Gasteiger partial charge < -0.3 is 19.9 Å². The van der Waals surface area contributed by atoms with Crippen LogP contribution >= 0.6 is 0 Å². The predicted molar refractivity (Wildman–Crippen MR) is 149 cm³/mol. The quantitative estimate of drug-likeness (QED) is 0.584. The van der Waals surface area contributed by atoms with Crippen LogP contribution in [0.5, 0.6) is 0 Å². The molecule has 2 saturated heterocycles. The van der Waals surface area contributed by atoms with Crippen LogP contribution in [0.2, 0.25) is 0 Å². The van der Waals surface area contributed by atoms with Crippen molar-refractivity contribution in [3.63, 3.8) is 0 Å². The summed E-state index contributed by atoms with van der Waals surface area (Å²) in [6, 6.07) is 3.60. The Morgan fingerprint density at radius 1 is 1.12 bits per heavy atom. The summed E-state index contributed by atoms with van der Waals surface area (Å²) in [6.45, 7) is 6.48. The van der Waals surface area contributed by atoms with E-state index in [9.17, 15) is 19.2 Å². The van der Waals surface area contributed by atoms with Crippen LogP contribution in [0.25, 0.3) is 10.9 Å². The van der Waals surface area contributed by atoms with Gasteiger partial charge in [0.15, 0.2) is 11.6 Å². The standard InChI is InChI=1S/C30H39N5O5/c1-3-24(37)23-14-30-15-25(30)35(23)27(39)17-34-29-20(16-31-26(38)8-4-7-11-40-18-30)12-21(33-9-5-6-10-33)13-22(29)28(32-34)19(2)36/h12-13,23,25H,3-11,14-18H2,1-2H3,(H,31,38)/t23-,25+,30-/m0/s1. The summed E-state index contributed by atoms with van der Waals surface area (Å²) in [5.41, 5.74) is 2.66. The van der Waals surface area contributed by atoms with E-state index in [0.717, 1.165) is 56.4 Å². The normalized spacial score (nSPS) is 27.4. The van der Waals surface area contributed by atoms with Crippen LogP contribution in [-0.4, -0.2) is 76.4 Å². The number of nitrogens with one attached hydrogen (secondary N) is 1. The van der Waals surface area contributed by atoms with E-state index >= 15 is 0 Å². The van der Waals surface area contributed by atoms with Gasteiger partial charge in [-0.3, -0.25) is 23.9 Å². The largest absolute Gasteiger partial charge is 0.381 e. The smallest absolute Gasteiger partial charge is 0.245 e. The fourth-order valence-electron chi connectivity index (χ4n) is 7.02. The zero-order valence-corrected chi connectivity index (χ0v) is 23.5. The molecule has 214 valence electrons. The molecule has 0 spiro atoms. The lowest BCUT2D eigenvalue weighted by atomic mass is 9.97. The summed E-state index contributed by atoms with van der Waals surface area (Å²) >= 11 is 0. The minimum absolute atomic E-state index is 0.0187. The zero-order valence-electron chi connectivity index (χ0n) is 23.5. The maximum atomic E-state index is 14.0. The van der Waals surface area contributed by atoms with E-state index in [0.29, 0.717) is 49.1 Å². The van der Waals surface area contributed by atoms with Crippen molar-refractivity contribution < 1.29 is 23.9 Å². The van der Waals surface area contributed by atoms with Crippen LogP contribution in [0.4, 0.5) is 5.69 Å². The number of aromatic nitrogens is 2. The van der Waals surface area contributed by atoms with Crippen molar-refractivity contribution in [1.29, 1.82) is 0 Å². The molecule has 1 N–H and O–H groups in total. The van der Waals surface area contributed by atoms with Crippen molar-refractivity contribution in [3.05, 3.63) is 23.4 Å². The van der Waals surface area contributed by atoms with Crippen LogP contribution in [0.1, 0.15) is 81.3 Å². The summed E-state index contributed by atoms with van der Waals surface area (Å²) in [6.07, 6.45) is 5.95. The first-order valence-corrected chi connectivity index (χ1v) is 14.8. The van der Waals surface area contributed by atoms with Crippen molar-refractivity contribution in [3.8, 4) is 0 Å². The number of amides is 2. The second kappa shape index (κ2) is 10.6. The SMILES string of the molecule is CCC(=O)[C@@H]1C[C@]23COCCCCC(=O)NCc4cc(N5CCCC5)cc5c(C(C)=O)nn(c45)CC(=O)N1[C@@H]2C3. The van der Waals surface area contributed by atoms with Crippen molar-refractivity contribution in [2.75, 3.05) is 31.2 Å². The molecule has 6 rings (SSSR count). The van der Waals surface area contributed by atoms with Gasteiger partial charge in [-0.15, -0.1) is 0 Å². The van der Waals surface area contributed by atoms with E-state index in [1.165, 1.54) is 6.92 Å². The van der Waals surface area contributed by atoms with E-state index < -0.39 is 6.04 Å². The van der Waals surface area contributed by atoms with Crippen LogP contribution in [-0.2, 0) is 32.2 Å². The number of ketones is 2. The van der Waals surface area contributed by atoms with Gasteiger partial charge in [-0.05, 0) is 56.2 Å². The number of carbonyl (C=O) groups excluding carboxylic acids is 4. The molecule has 40 heavy (non-hydrogen) atoms. The summed E-state index contributed by atoms with van der Waals surface area (Å²) in [4.78, 5) is 56.5. The maximum absolute atomic E-state index is 14.0. The number of Topliss-reactive ketones (excluding diaryl/α,β-unsaturated/α-hetero) is 2. The fraction of sp³-hybridized carbons (Fsp3) is 0.633. The first-order valence-electron chi connectivity index (χ1n) is 14.8. The highest BCUT2D eigenvalue weighted by atomic mass is 16.5. The number of carbonyl (C=O) groups is 4. The highest BCUT2D eigenvalue weighted by Crippen LogP contribution is 2.60. The molecular formula is C30H39N5O5.